The van der Waals surface area contributed by atoms with Crippen LogP contribution in [-0.4, -0.2) is 19.5 Å². The van der Waals surface area contributed by atoms with Crippen molar-refractivity contribution in [1.29, 1.82) is 5.26 Å². The molecular weight excluding hydrogens is 384 g/mol. The van der Waals surface area contributed by atoms with E-state index in [1.165, 1.54) is 11.3 Å². The van der Waals surface area contributed by atoms with E-state index < -0.39 is 0 Å². The Bertz CT molecular complexity index is 1350. The van der Waals surface area contributed by atoms with Crippen molar-refractivity contribution in [3.8, 4) is 33.8 Å². The van der Waals surface area contributed by atoms with Crippen molar-refractivity contribution >= 4 is 17.0 Å². The Balaban J connectivity index is 1.74. The Labute approximate surface area is 170 Å². The Morgan fingerprint density at radius 1 is 1.07 bits per heavy atom. The van der Waals surface area contributed by atoms with E-state index in [-0.39, 0.29) is 5.88 Å². The number of thiophene rings is 1. The second-order valence-corrected chi connectivity index (χ2v) is 7.53. The number of nitriles is 1. The molecule has 5 rings (SSSR count). The number of nitrogens with zero attached hydrogens (tertiary/aromatic N) is 4. The van der Waals surface area contributed by atoms with Crippen LogP contribution in [0.4, 0.5) is 0 Å². The molecule has 1 N–H and O–H groups in total. The number of furan rings is 1. The van der Waals surface area contributed by atoms with Gasteiger partial charge >= 0.3 is 0 Å². The van der Waals surface area contributed by atoms with Gasteiger partial charge in [0.15, 0.2) is 5.65 Å². The van der Waals surface area contributed by atoms with Crippen molar-refractivity contribution in [3.05, 3.63) is 83.4 Å². The first kappa shape index (κ1) is 17.2. The molecule has 0 saturated heterocycles. The van der Waals surface area contributed by atoms with Gasteiger partial charge in [-0.15, -0.1) is 11.3 Å². The fourth-order valence-corrected chi connectivity index (χ4v) is 4.01. The highest BCUT2D eigenvalue weighted by Crippen LogP contribution is 2.34. The zero-order valence-electron chi connectivity index (χ0n) is 15.1. The van der Waals surface area contributed by atoms with Gasteiger partial charge in [-0.25, -0.2) is 9.97 Å². The van der Waals surface area contributed by atoms with E-state index in [0.29, 0.717) is 39.8 Å². The second-order valence-electron chi connectivity index (χ2n) is 6.45. The molecule has 1 aromatic carbocycles. The standard InChI is InChI=1S/C22H14N4O2S/c23-12-16-8-9-19(29-16)20-21-25-17(11-15-7-4-10-28-15)22(27)26(21)13-18(24-20)14-5-2-1-3-6-14/h1-10,13,27H,11H2. The van der Waals surface area contributed by atoms with Crippen LogP contribution in [0.1, 0.15) is 16.3 Å². The summed E-state index contributed by atoms with van der Waals surface area (Å²) >= 11 is 1.35. The minimum Gasteiger partial charge on any atom is -0.493 e. The molecule has 0 aliphatic rings. The third-order valence-corrected chi connectivity index (χ3v) is 5.59. The van der Waals surface area contributed by atoms with E-state index in [1.54, 1.807) is 29.0 Å². The van der Waals surface area contributed by atoms with Crippen LogP contribution in [0.5, 0.6) is 5.88 Å². The minimum absolute atomic E-state index is 0.0503. The number of hydrogen-bond donors (Lipinski definition) is 1. The highest BCUT2D eigenvalue weighted by Gasteiger charge is 2.20. The van der Waals surface area contributed by atoms with E-state index in [2.05, 4.69) is 11.1 Å². The van der Waals surface area contributed by atoms with Crippen LogP contribution >= 0.6 is 11.3 Å². The zero-order chi connectivity index (χ0) is 19.8. The predicted octanol–water partition coefficient (Wildman–Crippen LogP) is 4.89. The van der Waals surface area contributed by atoms with E-state index in [0.717, 1.165) is 10.4 Å². The Hall–Kier alpha value is -3.89. The predicted molar refractivity (Wildman–Crippen MR) is 110 cm³/mol. The summed E-state index contributed by atoms with van der Waals surface area (Å²) in [5.41, 5.74) is 3.30. The van der Waals surface area contributed by atoms with Gasteiger partial charge in [0.2, 0.25) is 5.88 Å². The van der Waals surface area contributed by atoms with Gasteiger partial charge in [-0.2, -0.15) is 5.26 Å². The van der Waals surface area contributed by atoms with E-state index >= 15 is 0 Å². The average Bonchev–Trinajstić information content (AvgIpc) is 3.50. The van der Waals surface area contributed by atoms with Crippen LogP contribution in [0.25, 0.3) is 27.5 Å². The molecular formula is C22H14N4O2S. The van der Waals surface area contributed by atoms with Gasteiger partial charge < -0.3 is 9.52 Å². The molecule has 0 aliphatic carbocycles. The molecule has 6 nitrogen and oxygen atoms in total. The fourth-order valence-electron chi connectivity index (χ4n) is 3.22. The molecule has 0 aliphatic heterocycles. The maximum absolute atomic E-state index is 10.9. The van der Waals surface area contributed by atoms with Gasteiger partial charge in [-0.05, 0) is 24.3 Å². The maximum Gasteiger partial charge on any atom is 0.219 e. The molecule has 0 fully saturated rings. The summed E-state index contributed by atoms with van der Waals surface area (Å²) in [5.74, 6) is 0.763. The maximum atomic E-state index is 10.9. The summed E-state index contributed by atoms with van der Waals surface area (Å²) in [4.78, 5) is 10.9. The van der Waals surface area contributed by atoms with E-state index in [4.69, 9.17) is 9.40 Å². The third-order valence-electron chi connectivity index (χ3n) is 4.59. The van der Waals surface area contributed by atoms with E-state index in [9.17, 15) is 10.4 Å². The molecule has 0 saturated carbocycles. The topological polar surface area (TPSA) is 87.4 Å². The molecule has 7 heteroatoms. The van der Waals surface area contributed by atoms with Crippen LogP contribution in [0.15, 0.2) is 71.5 Å². The van der Waals surface area contributed by atoms with Crippen molar-refractivity contribution in [2.24, 2.45) is 0 Å². The molecule has 4 heterocycles. The number of benzene rings is 1. The Morgan fingerprint density at radius 3 is 2.66 bits per heavy atom. The SMILES string of the molecule is N#Cc1ccc(-c2nc(-c3ccccc3)cn3c(O)c(Cc4ccco4)nc23)s1. The first-order valence-corrected chi connectivity index (χ1v) is 9.73. The Morgan fingerprint density at radius 2 is 1.93 bits per heavy atom. The number of imidazole rings is 1. The highest BCUT2D eigenvalue weighted by atomic mass is 32.1. The first-order chi connectivity index (χ1) is 14.2. The highest BCUT2D eigenvalue weighted by molar-refractivity contribution is 7.16. The number of fused-ring (bicyclic) bond motifs is 1. The van der Waals surface area contributed by atoms with Gasteiger partial charge in [0.05, 0.1) is 23.3 Å². The lowest BCUT2D eigenvalue weighted by Gasteiger charge is -2.07. The molecule has 0 amide bonds. The lowest BCUT2D eigenvalue weighted by atomic mass is 10.1. The first-order valence-electron chi connectivity index (χ1n) is 8.92. The summed E-state index contributed by atoms with van der Waals surface area (Å²) < 4.78 is 7.05. The van der Waals surface area contributed by atoms with Crippen molar-refractivity contribution in [1.82, 2.24) is 14.4 Å². The smallest absolute Gasteiger partial charge is 0.219 e. The lowest BCUT2D eigenvalue weighted by molar-refractivity contribution is 0.438. The van der Waals surface area contributed by atoms with Crippen molar-refractivity contribution < 1.29 is 9.52 Å². The van der Waals surface area contributed by atoms with Crippen LogP contribution in [0, 0.1) is 11.3 Å². The Kier molecular flexibility index (Phi) is 4.12. The summed E-state index contributed by atoms with van der Waals surface area (Å²) in [6, 6.07) is 19.2. The second kappa shape index (κ2) is 6.93. The minimum atomic E-state index is 0.0503. The van der Waals surface area contributed by atoms with Crippen LogP contribution in [0.2, 0.25) is 0 Å². The average molecular weight is 398 g/mol. The van der Waals surface area contributed by atoms with E-state index in [1.807, 2.05) is 42.5 Å². The summed E-state index contributed by atoms with van der Waals surface area (Å²) in [6.45, 7) is 0. The zero-order valence-corrected chi connectivity index (χ0v) is 15.9. The number of rotatable bonds is 4. The van der Waals surface area contributed by atoms with Crippen LogP contribution in [0.3, 0.4) is 0 Å². The monoisotopic (exact) mass is 398 g/mol. The summed E-state index contributed by atoms with van der Waals surface area (Å²) in [5, 5.41) is 20.1. The van der Waals surface area contributed by atoms with Crippen LogP contribution in [-0.2, 0) is 6.42 Å². The molecule has 0 radical (unpaired) electrons. The van der Waals surface area contributed by atoms with Gasteiger partial charge in [0.1, 0.15) is 28.1 Å². The molecule has 0 atom stereocenters. The molecule has 0 unspecified atom stereocenters. The van der Waals surface area contributed by atoms with Crippen LogP contribution < -0.4 is 0 Å². The molecule has 4 aromatic heterocycles. The molecule has 29 heavy (non-hydrogen) atoms. The van der Waals surface area contributed by atoms with Gasteiger partial charge in [-0.1, -0.05) is 30.3 Å². The van der Waals surface area contributed by atoms with Gasteiger partial charge in [0, 0.05) is 11.8 Å². The summed E-state index contributed by atoms with van der Waals surface area (Å²) in [6.07, 6.45) is 3.74. The third kappa shape index (κ3) is 3.06. The van der Waals surface area contributed by atoms with Crippen molar-refractivity contribution in [2.45, 2.75) is 6.42 Å². The summed E-state index contributed by atoms with van der Waals surface area (Å²) in [7, 11) is 0. The largest absolute Gasteiger partial charge is 0.493 e. The van der Waals surface area contributed by atoms with Gasteiger partial charge in [-0.3, -0.25) is 4.40 Å². The number of aromatic hydroxyl groups is 1. The van der Waals surface area contributed by atoms with Gasteiger partial charge in [0.25, 0.3) is 0 Å². The van der Waals surface area contributed by atoms with Crippen molar-refractivity contribution in [2.75, 3.05) is 0 Å². The lowest BCUT2D eigenvalue weighted by Crippen LogP contribution is -1.95. The van der Waals surface area contributed by atoms with Crippen molar-refractivity contribution in [3.63, 3.8) is 0 Å². The molecule has 0 spiro atoms. The fraction of sp³-hybridized carbons (Fsp3) is 0.0455. The normalized spacial score (nSPS) is 11.0. The number of aromatic nitrogens is 3. The number of hydrogen-bond acceptors (Lipinski definition) is 6. The molecule has 140 valence electrons. The quantitative estimate of drug-likeness (QED) is 0.466. The molecule has 5 aromatic rings. The molecule has 0 bridgehead atoms.